The van der Waals surface area contributed by atoms with Crippen molar-refractivity contribution in [2.45, 2.75) is 37.6 Å². The summed E-state index contributed by atoms with van der Waals surface area (Å²) in [5, 5.41) is 9.08. The highest BCUT2D eigenvalue weighted by molar-refractivity contribution is 7.89. The quantitative estimate of drug-likeness (QED) is 0.772. The fourth-order valence-electron chi connectivity index (χ4n) is 1.48. The van der Waals surface area contributed by atoms with Gasteiger partial charge in [0.25, 0.3) is 0 Å². The van der Waals surface area contributed by atoms with E-state index in [0.717, 1.165) is 0 Å². The van der Waals surface area contributed by atoms with Crippen LogP contribution in [0, 0.1) is 0 Å². The lowest BCUT2D eigenvalue weighted by molar-refractivity contribution is 0.0988. The van der Waals surface area contributed by atoms with Gasteiger partial charge in [0.2, 0.25) is 10.0 Å². The predicted octanol–water partition coefficient (Wildman–Crippen LogP) is 1.33. The SMILES string of the molecule is CCC(=O)c1ccc(S(=O)(=O)NC(C)(C)CO)cc1. The summed E-state index contributed by atoms with van der Waals surface area (Å²) in [5.74, 6) is -0.0346. The third kappa shape index (κ3) is 4.12. The molecule has 1 rings (SSSR count). The number of aliphatic hydroxyl groups excluding tert-OH is 1. The molecule has 0 fully saturated rings. The molecular weight excluding hydrogens is 266 g/mol. The summed E-state index contributed by atoms with van der Waals surface area (Å²) < 4.78 is 26.5. The van der Waals surface area contributed by atoms with Gasteiger partial charge in [-0.15, -0.1) is 0 Å². The summed E-state index contributed by atoms with van der Waals surface area (Å²) in [5.41, 5.74) is -0.445. The maximum Gasteiger partial charge on any atom is 0.241 e. The van der Waals surface area contributed by atoms with Crippen molar-refractivity contribution in [3.63, 3.8) is 0 Å². The molecule has 106 valence electrons. The van der Waals surface area contributed by atoms with E-state index in [9.17, 15) is 13.2 Å². The molecule has 0 unspecified atom stereocenters. The van der Waals surface area contributed by atoms with E-state index in [-0.39, 0.29) is 17.3 Å². The molecule has 0 saturated heterocycles. The Morgan fingerprint density at radius 2 is 1.79 bits per heavy atom. The molecule has 0 amide bonds. The van der Waals surface area contributed by atoms with Gasteiger partial charge in [0.1, 0.15) is 0 Å². The van der Waals surface area contributed by atoms with Crippen LogP contribution in [0.2, 0.25) is 0 Å². The molecule has 5 nitrogen and oxygen atoms in total. The van der Waals surface area contributed by atoms with Crippen LogP contribution in [0.25, 0.3) is 0 Å². The number of sulfonamides is 1. The van der Waals surface area contributed by atoms with Crippen LogP contribution in [0.3, 0.4) is 0 Å². The van der Waals surface area contributed by atoms with Crippen LogP contribution in [-0.4, -0.2) is 31.5 Å². The Hall–Kier alpha value is -1.24. The summed E-state index contributed by atoms with van der Waals surface area (Å²) >= 11 is 0. The van der Waals surface area contributed by atoms with E-state index in [1.54, 1.807) is 20.8 Å². The van der Waals surface area contributed by atoms with Crippen molar-refractivity contribution < 1.29 is 18.3 Å². The van der Waals surface area contributed by atoms with Crippen LogP contribution >= 0.6 is 0 Å². The van der Waals surface area contributed by atoms with Gasteiger partial charge in [0.05, 0.1) is 17.0 Å². The number of aliphatic hydroxyl groups is 1. The molecule has 0 atom stereocenters. The highest BCUT2D eigenvalue weighted by Crippen LogP contribution is 2.14. The Labute approximate surface area is 113 Å². The van der Waals surface area contributed by atoms with Crippen LogP contribution in [0.1, 0.15) is 37.6 Å². The molecule has 0 aliphatic carbocycles. The molecule has 1 aromatic rings. The van der Waals surface area contributed by atoms with Crippen molar-refractivity contribution in [1.82, 2.24) is 4.72 Å². The molecule has 6 heteroatoms. The maximum absolute atomic E-state index is 12.1. The monoisotopic (exact) mass is 285 g/mol. The van der Waals surface area contributed by atoms with Gasteiger partial charge in [0, 0.05) is 12.0 Å². The number of hydrogen-bond donors (Lipinski definition) is 2. The van der Waals surface area contributed by atoms with Crippen molar-refractivity contribution in [2.75, 3.05) is 6.61 Å². The highest BCUT2D eigenvalue weighted by atomic mass is 32.2. The number of nitrogens with one attached hydrogen (secondary N) is 1. The summed E-state index contributed by atoms with van der Waals surface area (Å²) in [7, 11) is -3.70. The molecule has 0 heterocycles. The van der Waals surface area contributed by atoms with Gasteiger partial charge >= 0.3 is 0 Å². The first-order chi connectivity index (χ1) is 8.72. The number of rotatable bonds is 6. The van der Waals surface area contributed by atoms with E-state index in [2.05, 4.69) is 4.72 Å². The standard InChI is InChI=1S/C13H19NO4S/c1-4-12(16)10-5-7-11(8-6-10)19(17,18)14-13(2,3)9-15/h5-8,14-15H,4,9H2,1-3H3. The van der Waals surface area contributed by atoms with Crippen molar-refractivity contribution >= 4 is 15.8 Å². The number of Topliss-reactive ketones (excluding diaryl/α,β-unsaturated/α-hetero) is 1. The minimum atomic E-state index is -3.70. The fraction of sp³-hybridized carbons (Fsp3) is 0.462. The second-order valence-corrected chi connectivity index (χ2v) is 6.63. The minimum absolute atomic E-state index is 0.0346. The maximum atomic E-state index is 12.1. The summed E-state index contributed by atoms with van der Waals surface area (Å²) in [4.78, 5) is 11.5. The molecule has 0 aliphatic heterocycles. The zero-order valence-corrected chi connectivity index (χ0v) is 12.1. The highest BCUT2D eigenvalue weighted by Gasteiger charge is 2.25. The molecular formula is C13H19NO4S. The molecule has 0 aliphatic rings. The van der Waals surface area contributed by atoms with E-state index in [0.29, 0.717) is 12.0 Å². The first-order valence-electron chi connectivity index (χ1n) is 6.00. The van der Waals surface area contributed by atoms with Gasteiger partial charge in [0.15, 0.2) is 5.78 Å². The lowest BCUT2D eigenvalue weighted by Crippen LogP contribution is -2.46. The van der Waals surface area contributed by atoms with E-state index in [4.69, 9.17) is 5.11 Å². The van der Waals surface area contributed by atoms with Gasteiger partial charge < -0.3 is 5.11 Å². The van der Waals surface area contributed by atoms with Crippen molar-refractivity contribution in [3.8, 4) is 0 Å². The van der Waals surface area contributed by atoms with Gasteiger partial charge in [-0.3, -0.25) is 4.79 Å². The molecule has 19 heavy (non-hydrogen) atoms. The predicted molar refractivity (Wildman–Crippen MR) is 72.5 cm³/mol. The lowest BCUT2D eigenvalue weighted by atomic mass is 10.1. The zero-order valence-electron chi connectivity index (χ0n) is 11.3. The number of ketones is 1. The van der Waals surface area contributed by atoms with E-state index < -0.39 is 15.6 Å². The van der Waals surface area contributed by atoms with E-state index in [1.807, 2.05) is 0 Å². The van der Waals surface area contributed by atoms with Crippen molar-refractivity contribution in [3.05, 3.63) is 29.8 Å². The second kappa shape index (κ2) is 5.81. The van der Waals surface area contributed by atoms with E-state index >= 15 is 0 Å². The smallest absolute Gasteiger partial charge is 0.241 e. The van der Waals surface area contributed by atoms with Crippen LogP contribution in [0.4, 0.5) is 0 Å². The summed E-state index contributed by atoms with van der Waals surface area (Å²) in [6, 6.07) is 5.76. The average molecular weight is 285 g/mol. The zero-order chi connectivity index (χ0) is 14.7. The fourth-order valence-corrected chi connectivity index (χ4v) is 2.88. The molecule has 0 radical (unpaired) electrons. The van der Waals surface area contributed by atoms with Crippen molar-refractivity contribution in [2.24, 2.45) is 0 Å². The molecule has 2 N–H and O–H groups in total. The molecule has 0 saturated carbocycles. The topological polar surface area (TPSA) is 83.5 Å². The number of carbonyl (C=O) groups is 1. The Morgan fingerprint density at radius 3 is 2.21 bits per heavy atom. The molecule has 0 bridgehead atoms. The van der Waals surface area contributed by atoms with Gasteiger partial charge in [-0.2, -0.15) is 0 Å². The van der Waals surface area contributed by atoms with Gasteiger partial charge in [-0.1, -0.05) is 19.1 Å². The van der Waals surface area contributed by atoms with Gasteiger partial charge in [-0.05, 0) is 26.0 Å². The van der Waals surface area contributed by atoms with Gasteiger partial charge in [-0.25, -0.2) is 13.1 Å². The largest absolute Gasteiger partial charge is 0.394 e. The Balaban J connectivity index is 3.01. The third-order valence-corrected chi connectivity index (χ3v) is 4.33. The number of carbonyl (C=O) groups excluding carboxylic acids is 1. The third-order valence-electron chi connectivity index (χ3n) is 2.61. The average Bonchev–Trinajstić information content (AvgIpc) is 2.37. The molecule has 0 aromatic heterocycles. The molecule has 1 aromatic carbocycles. The first kappa shape index (κ1) is 15.8. The summed E-state index contributed by atoms with van der Waals surface area (Å²) in [6.07, 6.45) is 0.377. The van der Waals surface area contributed by atoms with Crippen LogP contribution in [-0.2, 0) is 10.0 Å². The van der Waals surface area contributed by atoms with Crippen molar-refractivity contribution in [1.29, 1.82) is 0 Å². The molecule has 0 spiro atoms. The Kier molecular flexibility index (Phi) is 4.84. The second-order valence-electron chi connectivity index (χ2n) is 4.95. The van der Waals surface area contributed by atoms with Crippen LogP contribution in [0.5, 0.6) is 0 Å². The first-order valence-corrected chi connectivity index (χ1v) is 7.48. The number of benzene rings is 1. The number of hydrogen-bond acceptors (Lipinski definition) is 4. The lowest BCUT2D eigenvalue weighted by Gasteiger charge is -2.23. The Morgan fingerprint density at radius 1 is 1.26 bits per heavy atom. The Bertz CT molecular complexity index is 547. The minimum Gasteiger partial charge on any atom is -0.394 e. The normalized spacial score (nSPS) is 12.4. The summed E-state index contributed by atoms with van der Waals surface area (Å²) in [6.45, 7) is 4.61. The van der Waals surface area contributed by atoms with Crippen LogP contribution < -0.4 is 4.72 Å². The van der Waals surface area contributed by atoms with E-state index in [1.165, 1.54) is 24.3 Å². The van der Waals surface area contributed by atoms with Crippen LogP contribution in [0.15, 0.2) is 29.2 Å².